The predicted octanol–water partition coefficient (Wildman–Crippen LogP) is 3.63. The van der Waals surface area contributed by atoms with Gasteiger partial charge in [-0.25, -0.2) is 0 Å². The number of hydrogen-bond donors (Lipinski definition) is 0. The maximum Gasteiger partial charge on any atom is 0.255 e. The Morgan fingerprint density at radius 3 is 2.70 bits per heavy atom. The van der Waals surface area contributed by atoms with E-state index in [0.29, 0.717) is 6.54 Å². The lowest BCUT2D eigenvalue weighted by atomic mass is 9.98. The van der Waals surface area contributed by atoms with Gasteiger partial charge in [-0.05, 0) is 31.5 Å². The zero-order valence-electron chi connectivity index (χ0n) is 11.7. The van der Waals surface area contributed by atoms with Crippen LogP contribution in [0.1, 0.15) is 39.0 Å². The first-order chi connectivity index (χ1) is 9.63. The van der Waals surface area contributed by atoms with E-state index in [0.717, 1.165) is 28.2 Å². The molecule has 1 aliphatic heterocycles. The van der Waals surface area contributed by atoms with Crippen LogP contribution in [0.15, 0.2) is 47.4 Å². The monoisotopic (exact) mass is 267 g/mol. The van der Waals surface area contributed by atoms with Gasteiger partial charge in [-0.2, -0.15) is 0 Å². The Labute approximate surface area is 118 Å². The van der Waals surface area contributed by atoms with E-state index in [1.165, 1.54) is 0 Å². The molecule has 3 heteroatoms. The molecule has 0 bridgehead atoms. The molecule has 3 nitrogen and oxygen atoms in total. The summed E-state index contributed by atoms with van der Waals surface area (Å²) in [6.07, 6.45) is 1.76. The van der Waals surface area contributed by atoms with Gasteiger partial charge in [0.05, 0.1) is 6.04 Å². The molecule has 1 aromatic heterocycles. The maximum absolute atomic E-state index is 12.5. The van der Waals surface area contributed by atoms with Gasteiger partial charge in [0.25, 0.3) is 5.91 Å². The van der Waals surface area contributed by atoms with Gasteiger partial charge in [0.15, 0.2) is 0 Å². The minimum absolute atomic E-state index is 0.0590. The summed E-state index contributed by atoms with van der Waals surface area (Å²) in [4.78, 5) is 14.4. The van der Waals surface area contributed by atoms with E-state index in [2.05, 4.69) is 6.58 Å². The van der Waals surface area contributed by atoms with E-state index < -0.39 is 0 Å². The number of fused-ring (bicyclic) bond motifs is 1. The Kier molecular flexibility index (Phi) is 2.97. The molecular formula is C17H17NO2. The van der Waals surface area contributed by atoms with Gasteiger partial charge >= 0.3 is 0 Å². The lowest BCUT2D eigenvalue weighted by Gasteiger charge is -2.23. The molecule has 102 valence electrons. The summed E-state index contributed by atoms with van der Waals surface area (Å²) in [6.45, 7) is 8.16. The Bertz CT molecular complexity index is 684. The van der Waals surface area contributed by atoms with Crippen molar-refractivity contribution in [2.24, 2.45) is 0 Å². The Morgan fingerprint density at radius 2 is 2.05 bits per heavy atom. The molecule has 0 fully saturated rings. The molecule has 0 saturated heterocycles. The predicted molar refractivity (Wildman–Crippen MR) is 77.7 cm³/mol. The highest BCUT2D eigenvalue weighted by molar-refractivity contribution is 5.99. The van der Waals surface area contributed by atoms with Gasteiger partial charge in [0.1, 0.15) is 11.5 Å². The highest BCUT2D eigenvalue weighted by Gasteiger charge is 2.38. The fourth-order valence-corrected chi connectivity index (χ4v) is 2.95. The normalized spacial score (nSPS) is 17.4. The van der Waals surface area contributed by atoms with Crippen molar-refractivity contribution in [3.05, 3.63) is 71.2 Å². The average Bonchev–Trinajstić information content (AvgIpc) is 2.89. The third kappa shape index (κ3) is 1.78. The van der Waals surface area contributed by atoms with Crippen molar-refractivity contribution in [2.45, 2.75) is 19.9 Å². The average molecular weight is 267 g/mol. The molecule has 0 N–H and O–H groups in total. The summed E-state index contributed by atoms with van der Waals surface area (Å²) in [7, 11) is 0. The molecule has 2 aromatic rings. The number of nitrogens with zero attached hydrogens (tertiary/aromatic N) is 1. The molecule has 1 atom stereocenters. The first kappa shape index (κ1) is 12.7. The third-order valence-electron chi connectivity index (χ3n) is 3.76. The van der Waals surface area contributed by atoms with E-state index in [1.807, 2.05) is 49.1 Å². The van der Waals surface area contributed by atoms with Gasteiger partial charge in [-0.3, -0.25) is 4.79 Å². The molecule has 0 spiro atoms. The number of hydrogen-bond acceptors (Lipinski definition) is 2. The Morgan fingerprint density at radius 1 is 1.30 bits per heavy atom. The van der Waals surface area contributed by atoms with Crippen molar-refractivity contribution >= 4 is 5.91 Å². The highest BCUT2D eigenvalue weighted by Crippen LogP contribution is 2.40. The molecular weight excluding hydrogens is 250 g/mol. The number of amides is 1. The largest absolute Gasteiger partial charge is 0.466 e. The smallest absolute Gasteiger partial charge is 0.255 e. The molecule has 1 aliphatic rings. The number of aryl methyl sites for hydroxylation is 2. The number of carbonyl (C=O) groups excluding carboxylic acids is 1. The van der Waals surface area contributed by atoms with Crippen molar-refractivity contribution in [2.75, 3.05) is 6.54 Å². The van der Waals surface area contributed by atoms with Crippen LogP contribution in [0.5, 0.6) is 0 Å². The van der Waals surface area contributed by atoms with Crippen molar-refractivity contribution in [1.29, 1.82) is 0 Å². The van der Waals surface area contributed by atoms with Crippen LogP contribution in [0.4, 0.5) is 0 Å². The van der Waals surface area contributed by atoms with Crippen molar-refractivity contribution in [3.63, 3.8) is 0 Å². The van der Waals surface area contributed by atoms with E-state index in [-0.39, 0.29) is 11.9 Å². The summed E-state index contributed by atoms with van der Waals surface area (Å²) >= 11 is 0. The maximum atomic E-state index is 12.5. The van der Waals surface area contributed by atoms with Crippen LogP contribution >= 0.6 is 0 Å². The van der Waals surface area contributed by atoms with Crippen LogP contribution in [-0.4, -0.2) is 17.4 Å². The summed E-state index contributed by atoms with van der Waals surface area (Å²) in [5.41, 5.74) is 2.88. The summed E-state index contributed by atoms with van der Waals surface area (Å²) in [5, 5.41) is 0. The van der Waals surface area contributed by atoms with Crippen LogP contribution in [0.2, 0.25) is 0 Å². The van der Waals surface area contributed by atoms with Gasteiger partial charge in [-0.1, -0.05) is 24.3 Å². The third-order valence-corrected chi connectivity index (χ3v) is 3.76. The minimum Gasteiger partial charge on any atom is -0.466 e. The molecule has 2 heterocycles. The van der Waals surface area contributed by atoms with Gasteiger partial charge in [0, 0.05) is 17.7 Å². The highest BCUT2D eigenvalue weighted by atomic mass is 16.3. The second-order valence-electron chi connectivity index (χ2n) is 5.10. The minimum atomic E-state index is -0.0749. The first-order valence-electron chi connectivity index (χ1n) is 6.71. The van der Waals surface area contributed by atoms with E-state index in [1.54, 1.807) is 6.08 Å². The number of rotatable bonds is 3. The van der Waals surface area contributed by atoms with Crippen molar-refractivity contribution in [3.8, 4) is 0 Å². The van der Waals surface area contributed by atoms with Crippen LogP contribution < -0.4 is 0 Å². The van der Waals surface area contributed by atoms with E-state index in [9.17, 15) is 4.79 Å². The van der Waals surface area contributed by atoms with Crippen LogP contribution in [0, 0.1) is 13.8 Å². The molecule has 0 aliphatic carbocycles. The van der Waals surface area contributed by atoms with Gasteiger partial charge in [-0.15, -0.1) is 6.58 Å². The lowest BCUT2D eigenvalue weighted by Crippen LogP contribution is -2.28. The fraction of sp³-hybridized carbons (Fsp3) is 0.235. The molecule has 3 rings (SSSR count). The van der Waals surface area contributed by atoms with E-state index >= 15 is 0 Å². The lowest BCUT2D eigenvalue weighted by molar-refractivity contribution is 0.0769. The molecule has 1 amide bonds. The van der Waals surface area contributed by atoms with Crippen LogP contribution in [0.3, 0.4) is 0 Å². The quantitative estimate of drug-likeness (QED) is 0.796. The van der Waals surface area contributed by atoms with Crippen molar-refractivity contribution < 1.29 is 9.21 Å². The Balaban J connectivity index is 2.17. The van der Waals surface area contributed by atoms with E-state index in [4.69, 9.17) is 4.42 Å². The molecule has 1 unspecified atom stereocenters. The topological polar surface area (TPSA) is 33.5 Å². The second-order valence-corrected chi connectivity index (χ2v) is 5.10. The zero-order valence-corrected chi connectivity index (χ0v) is 11.7. The number of furan rings is 1. The van der Waals surface area contributed by atoms with Crippen LogP contribution in [0.25, 0.3) is 0 Å². The summed E-state index contributed by atoms with van der Waals surface area (Å²) in [5.74, 6) is 1.79. The van der Waals surface area contributed by atoms with Crippen molar-refractivity contribution in [1.82, 2.24) is 4.90 Å². The number of carbonyl (C=O) groups is 1. The second kappa shape index (κ2) is 4.67. The summed E-state index contributed by atoms with van der Waals surface area (Å²) < 4.78 is 5.64. The number of benzene rings is 1. The van der Waals surface area contributed by atoms with Gasteiger partial charge < -0.3 is 9.32 Å². The van der Waals surface area contributed by atoms with Crippen LogP contribution in [-0.2, 0) is 0 Å². The first-order valence-corrected chi connectivity index (χ1v) is 6.71. The standard InChI is InChI=1S/C17H17NO2/c1-4-9-18-16(15-10-11(2)20-12(15)3)13-7-5-6-8-14(13)17(18)19/h4-8,10,16H,1,9H2,2-3H3. The molecule has 1 aromatic carbocycles. The molecule has 0 saturated carbocycles. The molecule has 20 heavy (non-hydrogen) atoms. The fourth-order valence-electron chi connectivity index (χ4n) is 2.95. The summed E-state index contributed by atoms with van der Waals surface area (Å²) in [6, 6.07) is 9.72. The molecule has 0 radical (unpaired) electrons. The van der Waals surface area contributed by atoms with Gasteiger partial charge in [0.2, 0.25) is 0 Å². The zero-order chi connectivity index (χ0) is 14.3. The SMILES string of the molecule is C=CCN1C(=O)c2ccccc2C1c1cc(C)oc1C. The Hall–Kier alpha value is -2.29.